The SMILES string of the molecule is CC.CN1CC2(CCN(C(=O)OC(C)(C)C)CC2)OC1=O. The lowest BCUT2D eigenvalue weighted by atomic mass is 9.91. The van der Waals surface area contributed by atoms with Crippen LogP contribution in [0.4, 0.5) is 9.59 Å². The molecular weight excluding hydrogens is 272 g/mol. The molecule has 0 N–H and O–H groups in total. The van der Waals surface area contributed by atoms with Gasteiger partial charge in [-0.2, -0.15) is 0 Å². The number of carbonyl (C=O) groups is 2. The topological polar surface area (TPSA) is 59.1 Å². The predicted molar refractivity (Wildman–Crippen MR) is 80.2 cm³/mol. The second-order valence-corrected chi connectivity index (χ2v) is 6.37. The van der Waals surface area contributed by atoms with Crippen LogP contribution in [-0.2, 0) is 9.47 Å². The Hall–Kier alpha value is -1.46. The zero-order valence-electron chi connectivity index (χ0n) is 14.1. The minimum Gasteiger partial charge on any atom is -0.444 e. The highest BCUT2D eigenvalue weighted by Gasteiger charge is 2.46. The van der Waals surface area contributed by atoms with Gasteiger partial charge in [-0.05, 0) is 20.8 Å². The fourth-order valence-corrected chi connectivity index (χ4v) is 2.48. The van der Waals surface area contributed by atoms with Crippen molar-refractivity contribution in [2.45, 2.75) is 58.7 Å². The van der Waals surface area contributed by atoms with Gasteiger partial charge in [-0.25, -0.2) is 9.59 Å². The third-order valence-electron chi connectivity index (χ3n) is 3.47. The fraction of sp³-hybridized carbons (Fsp3) is 0.867. The molecular formula is C15H28N2O4. The van der Waals surface area contributed by atoms with Crippen LogP contribution >= 0.6 is 0 Å². The van der Waals surface area contributed by atoms with Crippen LogP contribution in [0.25, 0.3) is 0 Å². The van der Waals surface area contributed by atoms with Crippen molar-refractivity contribution in [3.8, 4) is 0 Å². The molecule has 2 heterocycles. The minimum absolute atomic E-state index is 0.272. The molecule has 2 fully saturated rings. The zero-order chi connectivity index (χ0) is 16.3. The number of hydrogen-bond acceptors (Lipinski definition) is 4. The first-order chi connectivity index (χ1) is 9.71. The van der Waals surface area contributed by atoms with E-state index < -0.39 is 11.2 Å². The van der Waals surface area contributed by atoms with Crippen LogP contribution in [0.1, 0.15) is 47.5 Å². The van der Waals surface area contributed by atoms with Crippen molar-refractivity contribution >= 4 is 12.2 Å². The Bertz CT molecular complexity index is 382. The van der Waals surface area contributed by atoms with E-state index in [0.29, 0.717) is 32.5 Å². The Kier molecular flexibility index (Phi) is 5.48. The molecule has 2 rings (SSSR count). The summed E-state index contributed by atoms with van der Waals surface area (Å²) >= 11 is 0. The number of likely N-dealkylation sites (N-methyl/N-ethyl adjacent to an activating group) is 1. The van der Waals surface area contributed by atoms with Gasteiger partial charge in [0.15, 0.2) is 0 Å². The monoisotopic (exact) mass is 300 g/mol. The van der Waals surface area contributed by atoms with Crippen molar-refractivity contribution in [1.29, 1.82) is 0 Å². The standard InChI is InChI=1S/C13H22N2O4.C2H6/c1-12(2,3)18-11(17)15-7-5-13(6-8-15)9-14(4)10(16)19-13;1-2/h5-9H2,1-4H3;1-2H3. The number of nitrogens with zero attached hydrogens (tertiary/aromatic N) is 2. The lowest BCUT2D eigenvalue weighted by Crippen LogP contribution is -2.49. The number of carbonyl (C=O) groups excluding carboxylic acids is 2. The molecule has 0 aromatic heterocycles. The van der Waals surface area contributed by atoms with Gasteiger partial charge in [0.2, 0.25) is 0 Å². The summed E-state index contributed by atoms with van der Waals surface area (Å²) in [6, 6.07) is 0. The number of hydrogen-bond donors (Lipinski definition) is 0. The lowest BCUT2D eigenvalue weighted by Gasteiger charge is -2.37. The Morgan fingerprint density at radius 3 is 2.14 bits per heavy atom. The minimum atomic E-state index is -0.480. The number of piperidine rings is 1. The summed E-state index contributed by atoms with van der Waals surface area (Å²) in [4.78, 5) is 26.6. The predicted octanol–water partition coefficient (Wildman–Crippen LogP) is 2.86. The van der Waals surface area contributed by atoms with Gasteiger partial charge in [-0.15, -0.1) is 0 Å². The number of rotatable bonds is 0. The highest BCUT2D eigenvalue weighted by Crippen LogP contribution is 2.32. The molecule has 0 saturated carbocycles. The van der Waals surface area contributed by atoms with Gasteiger partial charge in [-0.1, -0.05) is 13.8 Å². The maximum Gasteiger partial charge on any atom is 0.410 e. The number of likely N-dealkylation sites (tertiary alicyclic amines) is 1. The largest absolute Gasteiger partial charge is 0.444 e. The second kappa shape index (κ2) is 6.54. The van der Waals surface area contributed by atoms with Crippen LogP contribution in [0.2, 0.25) is 0 Å². The van der Waals surface area contributed by atoms with Crippen LogP contribution in [0, 0.1) is 0 Å². The first kappa shape index (κ1) is 17.6. The lowest BCUT2D eigenvalue weighted by molar-refractivity contribution is -0.0169. The Morgan fingerprint density at radius 2 is 1.76 bits per heavy atom. The van der Waals surface area contributed by atoms with E-state index in [1.807, 2.05) is 34.6 Å². The summed E-state index contributed by atoms with van der Waals surface area (Å²) in [5, 5.41) is 0. The highest BCUT2D eigenvalue weighted by atomic mass is 16.6. The van der Waals surface area contributed by atoms with Gasteiger partial charge in [-0.3, -0.25) is 0 Å². The molecule has 6 nitrogen and oxygen atoms in total. The van der Waals surface area contributed by atoms with Gasteiger partial charge >= 0.3 is 12.2 Å². The molecule has 1 spiro atoms. The second-order valence-electron chi connectivity index (χ2n) is 6.37. The van der Waals surface area contributed by atoms with Gasteiger partial charge in [0.1, 0.15) is 11.2 Å². The molecule has 122 valence electrons. The molecule has 2 aliphatic rings. The molecule has 2 amide bonds. The van der Waals surface area contributed by atoms with Gasteiger partial charge in [0.05, 0.1) is 6.54 Å². The van der Waals surface area contributed by atoms with E-state index in [-0.39, 0.29) is 12.2 Å². The maximum absolute atomic E-state index is 11.9. The van der Waals surface area contributed by atoms with Gasteiger partial charge in [0, 0.05) is 33.0 Å². The van der Waals surface area contributed by atoms with Crippen LogP contribution < -0.4 is 0 Å². The molecule has 2 saturated heterocycles. The van der Waals surface area contributed by atoms with Crippen molar-refractivity contribution in [1.82, 2.24) is 9.80 Å². The molecule has 0 unspecified atom stereocenters. The molecule has 0 radical (unpaired) electrons. The Morgan fingerprint density at radius 1 is 1.24 bits per heavy atom. The van der Waals surface area contributed by atoms with Crippen LogP contribution in [0.3, 0.4) is 0 Å². The summed E-state index contributed by atoms with van der Waals surface area (Å²) < 4.78 is 10.8. The van der Waals surface area contributed by atoms with Gasteiger partial charge < -0.3 is 19.3 Å². The number of amides is 2. The van der Waals surface area contributed by atoms with E-state index in [2.05, 4.69) is 0 Å². The van der Waals surface area contributed by atoms with Crippen LogP contribution in [0.15, 0.2) is 0 Å². The molecule has 2 aliphatic heterocycles. The van der Waals surface area contributed by atoms with Crippen molar-refractivity contribution in [3.05, 3.63) is 0 Å². The average molecular weight is 300 g/mol. The highest BCUT2D eigenvalue weighted by molar-refractivity contribution is 5.71. The van der Waals surface area contributed by atoms with Crippen molar-refractivity contribution in [2.24, 2.45) is 0 Å². The maximum atomic E-state index is 11.9. The summed E-state index contributed by atoms with van der Waals surface area (Å²) in [7, 11) is 1.73. The van der Waals surface area contributed by atoms with Gasteiger partial charge in [0.25, 0.3) is 0 Å². The Balaban J connectivity index is 0.00000106. The van der Waals surface area contributed by atoms with E-state index in [4.69, 9.17) is 9.47 Å². The molecule has 21 heavy (non-hydrogen) atoms. The number of ether oxygens (including phenoxy) is 2. The summed E-state index contributed by atoms with van der Waals surface area (Å²) in [5.74, 6) is 0. The van der Waals surface area contributed by atoms with Crippen LogP contribution in [0.5, 0.6) is 0 Å². The van der Waals surface area contributed by atoms with Crippen molar-refractivity contribution in [2.75, 3.05) is 26.7 Å². The first-order valence-corrected chi connectivity index (χ1v) is 7.63. The molecule has 0 aromatic rings. The molecule has 0 aliphatic carbocycles. The summed E-state index contributed by atoms with van der Waals surface area (Å²) in [6.07, 6.45) is 0.774. The average Bonchev–Trinajstić information content (AvgIpc) is 2.65. The normalized spacial score (nSPS) is 20.8. The molecule has 0 aromatic carbocycles. The zero-order valence-corrected chi connectivity index (χ0v) is 14.1. The van der Waals surface area contributed by atoms with Crippen molar-refractivity contribution < 1.29 is 19.1 Å². The fourth-order valence-electron chi connectivity index (χ4n) is 2.48. The van der Waals surface area contributed by atoms with E-state index in [9.17, 15) is 9.59 Å². The Labute approximate surface area is 127 Å². The third kappa shape index (κ3) is 4.51. The molecule has 0 atom stereocenters. The smallest absolute Gasteiger partial charge is 0.410 e. The quantitative estimate of drug-likeness (QED) is 0.690. The molecule has 0 bridgehead atoms. The summed E-state index contributed by atoms with van der Waals surface area (Å²) in [6.45, 7) is 11.3. The van der Waals surface area contributed by atoms with E-state index in [1.54, 1.807) is 16.8 Å². The summed E-state index contributed by atoms with van der Waals surface area (Å²) in [5.41, 5.74) is -0.892. The van der Waals surface area contributed by atoms with Crippen LogP contribution in [-0.4, -0.2) is 59.9 Å². The van der Waals surface area contributed by atoms with E-state index in [0.717, 1.165) is 0 Å². The van der Waals surface area contributed by atoms with E-state index >= 15 is 0 Å². The first-order valence-electron chi connectivity index (χ1n) is 7.63. The van der Waals surface area contributed by atoms with E-state index in [1.165, 1.54) is 0 Å². The third-order valence-corrected chi connectivity index (χ3v) is 3.47. The molecule has 6 heteroatoms. The van der Waals surface area contributed by atoms with Crippen molar-refractivity contribution in [3.63, 3.8) is 0 Å².